The summed E-state index contributed by atoms with van der Waals surface area (Å²) in [5.74, 6) is 0.445. The Morgan fingerprint density at radius 1 is 0.793 bits per heavy atom. The van der Waals surface area contributed by atoms with Crippen LogP contribution in [0, 0.1) is 5.92 Å². The smallest absolute Gasteiger partial charge is 0.225 e. The number of aryl methyl sites for hydroxylation is 2. The number of Topliss-reactive ketones (excluding diaryl/α,β-unsaturated/α-hetero) is 1. The zero-order valence-corrected chi connectivity index (χ0v) is 17.3. The summed E-state index contributed by atoms with van der Waals surface area (Å²) in [5, 5.41) is 0. The van der Waals surface area contributed by atoms with Crippen LogP contribution in [0.15, 0.2) is 18.2 Å². The normalized spacial score (nSPS) is 19.9. The minimum Gasteiger partial charge on any atom is -0.343 e. The predicted molar refractivity (Wildman–Crippen MR) is 112 cm³/mol. The van der Waals surface area contributed by atoms with Crippen LogP contribution in [0.3, 0.4) is 0 Å². The Labute approximate surface area is 173 Å². The summed E-state index contributed by atoms with van der Waals surface area (Å²) in [5.41, 5.74) is 3.39. The highest BCUT2D eigenvalue weighted by Crippen LogP contribution is 2.25. The van der Waals surface area contributed by atoms with E-state index in [1.54, 1.807) is 0 Å². The van der Waals surface area contributed by atoms with Gasteiger partial charge in [-0.1, -0.05) is 12.1 Å². The number of carbonyl (C=O) groups excluding carboxylic acids is 3. The molecule has 5 nitrogen and oxygen atoms in total. The number of rotatable bonds is 5. The van der Waals surface area contributed by atoms with Crippen LogP contribution in [0.25, 0.3) is 0 Å². The second-order valence-corrected chi connectivity index (χ2v) is 8.80. The molecule has 1 aromatic rings. The summed E-state index contributed by atoms with van der Waals surface area (Å²) in [6, 6.07) is 6.00. The van der Waals surface area contributed by atoms with Gasteiger partial charge >= 0.3 is 0 Å². The first-order valence-corrected chi connectivity index (χ1v) is 11.3. The topological polar surface area (TPSA) is 57.7 Å². The number of hydrogen-bond donors (Lipinski definition) is 0. The van der Waals surface area contributed by atoms with Gasteiger partial charge in [-0.3, -0.25) is 14.4 Å². The molecule has 0 unspecified atom stereocenters. The maximum absolute atomic E-state index is 12.7. The molecular weight excluding hydrogens is 364 g/mol. The molecule has 2 saturated heterocycles. The van der Waals surface area contributed by atoms with Crippen LogP contribution in [0.4, 0.5) is 0 Å². The molecule has 2 fully saturated rings. The van der Waals surface area contributed by atoms with Gasteiger partial charge < -0.3 is 9.80 Å². The van der Waals surface area contributed by atoms with Crippen LogP contribution in [0.5, 0.6) is 0 Å². The second-order valence-electron chi connectivity index (χ2n) is 8.80. The lowest BCUT2D eigenvalue weighted by Crippen LogP contribution is -2.45. The monoisotopic (exact) mass is 396 g/mol. The van der Waals surface area contributed by atoms with Crippen molar-refractivity contribution >= 4 is 17.6 Å². The van der Waals surface area contributed by atoms with Crippen molar-refractivity contribution in [3.05, 3.63) is 34.9 Å². The zero-order chi connectivity index (χ0) is 20.2. The third kappa shape index (κ3) is 4.71. The molecule has 5 heteroatoms. The summed E-state index contributed by atoms with van der Waals surface area (Å²) in [7, 11) is 0. The number of carbonyl (C=O) groups is 3. The van der Waals surface area contributed by atoms with Gasteiger partial charge in [-0.05, 0) is 68.6 Å². The SMILES string of the molecule is O=C(CCC(=O)N1CCC(C(=O)N2CCCCC2)CC1)c1ccc2c(c1)CCC2. The number of nitrogens with zero attached hydrogens (tertiary/aromatic N) is 2. The Balaban J connectivity index is 1.22. The van der Waals surface area contributed by atoms with E-state index in [1.165, 1.54) is 24.0 Å². The fourth-order valence-electron chi connectivity index (χ4n) is 5.02. The lowest BCUT2D eigenvalue weighted by Gasteiger charge is -2.35. The average molecular weight is 397 g/mol. The van der Waals surface area contributed by atoms with E-state index in [0.29, 0.717) is 13.1 Å². The number of ketones is 1. The van der Waals surface area contributed by atoms with E-state index < -0.39 is 0 Å². The molecule has 0 aromatic heterocycles. The summed E-state index contributed by atoms with van der Waals surface area (Å²) >= 11 is 0. The van der Waals surface area contributed by atoms with E-state index in [0.717, 1.165) is 57.2 Å². The van der Waals surface area contributed by atoms with Crippen molar-refractivity contribution in [2.45, 2.75) is 64.2 Å². The summed E-state index contributed by atoms with van der Waals surface area (Å²) < 4.78 is 0. The third-order valence-corrected chi connectivity index (χ3v) is 6.85. The molecule has 4 rings (SSSR count). The number of fused-ring (bicyclic) bond motifs is 1. The number of benzene rings is 1. The van der Waals surface area contributed by atoms with Crippen molar-refractivity contribution < 1.29 is 14.4 Å². The van der Waals surface area contributed by atoms with Crippen molar-refractivity contribution in [1.82, 2.24) is 9.80 Å². The molecule has 156 valence electrons. The van der Waals surface area contributed by atoms with E-state index in [-0.39, 0.29) is 36.4 Å². The molecule has 2 aliphatic heterocycles. The molecule has 29 heavy (non-hydrogen) atoms. The number of amides is 2. The molecule has 0 spiro atoms. The maximum atomic E-state index is 12.7. The minimum absolute atomic E-state index is 0.0448. The minimum atomic E-state index is 0.0448. The van der Waals surface area contributed by atoms with E-state index in [2.05, 4.69) is 6.07 Å². The van der Waals surface area contributed by atoms with Crippen molar-refractivity contribution in [3.8, 4) is 0 Å². The fraction of sp³-hybridized carbons (Fsp3) is 0.625. The van der Waals surface area contributed by atoms with Gasteiger partial charge in [0, 0.05) is 50.5 Å². The van der Waals surface area contributed by atoms with E-state index in [9.17, 15) is 14.4 Å². The van der Waals surface area contributed by atoms with Gasteiger partial charge in [0.15, 0.2) is 5.78 Å². The van der Waals surface area contributed by atoms with Gasteiger partial charge in [-0.2, -0.15) is 0 Å². The standard InChI is InChI=1S/C24H32N2O3/c27-22(21-8-7-18-5-4-6-20(18)17-21)9-10-23(28)25-15-11-19(12-16-25)24(29)26-13-2-1-3-14-26/h7-8,17,19H,1-6,9-16H2. The summed E-state index contributed by atoms with van der Waals surface area (Å²) in [6.45, 7) is 3.05. The highest BCUT2D eigenvalue weighted by Gasteiger charge is 2.30. The summed E-state index contributed by atoms with van der Waals surface area (Å²) in [4.78, 5) is 41.6. The van der Waals surface area contributed by atoms with E-state index in [1.807, 2.05) is 21.9 Å². The Bertz CT molecular complexity index is 774. The molecule has 2 heterocycles. The molecule has 1 aliphatic carbocycles. The number of likely N-dealkylation sites (tertiary alicyclic amines) is 2. The van der Waals surface area contributed by atoms with Crippen LogP contribution >= 0.6 is 0 Å². The van der Waals surface area contributed by atoms with E-state index in [4.69, 9.17) is 0 Å². The van der Waals surface area contributed by atoms with Gasteiger partial charge in [0.25, 0.3) is 0 Å². The lowest BCUT2D eigenvalue weighted by molar-refractivity contribution is -0.141. The molecule has 2 amide bonds. The van der Waals surface area contributed by atoms with Crippen molar-refractivity contribution in [3.63, 3.8) is 0 Å². The summed E-state index contributed by atoms with van der Waals surface area (Å²) in [6.07, 6.45) is 8.81. The van der Waals surface area contributed by atoms with Crippen molar-refractivity contribution in [2.75, 3.05) is 26.2 Å². The number of piperidine rings is 2. The van der Waals surface area contributed by atoms with Crippen LogP contribution < -0.4 is 0 Å². The van der Waals surface area contributed by atoms with Crippen LogP contribution in [-0.4, -0.2) is 53.6 Å². The van der Waals surface area contributed by atoms with Crippen LogP contribution in [0.1, 0.15) is 72.9 Å². The molecule has 0 saturated carbocycles. The third-order valence-electron chi connectivity index (χ3n) is 6.85. The van der Waals surface area contributed by atoms with Gasteiger partial charge in [0.1, 0.15) is 0 Å². The fourth-order valence-corrected chi connectivity index (χ4v) is 5.02. The first kappa shape index (κ1) is 20.1. The Hall–Kier alpha value is -2.17. The molecule has 1 aromatic carbocycles. The molecule has 3 aliphatic rings. The molecule has 0 N–H and O–H groups in total. The highest BCUT2D eigenvalue weighted by atomic mass is 16.2. The first-order valence-electron chi connectivity index (χ1n) is 11.3. The molecule has 0 bridgehead atoms. The van der Waals surface area contributed by atoms with Crippen molar-refractivity contribution in [1.29, 1.82) is 0 Å². The molecular formula is C24H32N2O3. The molecule has 0 atom stereocenters. The van der Waals surface area contributed by atoms with Gasteiger partial charge in [-0.25, -0.2) is 0 Å². The molecule has 0 radical (unpaired) electrons. The van der Waals surface area contributed by atoms with Gasteiger partial charge in [0.05, 0.1) is 0 Å². The lowest BCUT2D eigenvalue weighted by atomic mass is 9.94. The second kappa shape index (κ2) is 9.10. The zero-order valence-electron chi connectivity index (χ0n) is 17.3. The maximum Gasteiger partial charge on any atom is 0.225 e. The Morgan fingerprint density at radius 2 is 1.52 bits per heavy atom. The average Bonchev–Trinajstić information content (AvgIpc) is 3.25. The largest absolute Gasteiger partial charge is 0.343 e. The van der Waals surface area contributed by atoms with Crippen molar-refractivity contribution in [2.24, 2.45) is 5.92 Å². The Morgan fingerprint density at radius 3 is 2.28 bits per heavy atom. The van der Waals surface area contributed by atoms with Gasteiger partial charge in [0.2, 0.25) is 11.8 Å². The van der Waals surface area contributed by atoms with Crippen LogP contribution in [-0.2, 0) is 22.4 Å². The van der Waals surface area contributed by atoms with Gasteiger partial charge in [-0.15, -0.1) is 0 Å². The Kier molecular flexibility index (Phi) is 6.31. The highest BCUT2D eigenvalue weighted by molar-refractivity contribution is 5.98. The quantitative estimate of drug-likeness (QED) is 0.717. The number of hydrogen-bond acceptors (Lipinski definition) is 3. The van der Waals surface area contributed by atoms with Crippen LogP contribution in [0.2, 0.25) is 0 Å². The predicted octanol–water partition coefficient (Wildman–Crippen LogP) is 3.39. The van der Waals surface area contributed by atoms with E-state index >= 15 is 0 Å². The first-order chi connectivity index (χ1) is 14.1.